The van der Waals surface area contributed by atoms with Gasteiger partial charge in [0.1, 0.15) is 0 Å². The molecule has 0 saturated heterocycles. The molecule has 1 N–H and O–H groups in total. The molecule has 0 spiro atoms. The number of nitrogens with zero attached hydrogens (tertiary/aromatic N) is 1. The van der Waals surface area contributed by atoms with E-state index in [1.807, 2.05) is 7.05 Å². The largest absolute Gasteiger partial charge is 0.395 e. The first-order valence-corrected chi connectivity index (χ1v) is 18.1. The zero-order chi connectivity index (χ0) is 29.9. The zero-order valence-corrected chi connectivity index (χ0v) is 28.1. The van der Waals surface area contributed by atoms with Crippen molar-refractivity contribution in [2.75, 3.05) is 40.0 Å². The fourth-order valence-corrected chi connectivity index (χ4v) is 5.09. The first kappa shape index (κ1) is 40.3. The molecule has 0 aromatic rings. The maximum Gasteiger partial charge on any atom is 0.170 e. The van der Waals surface area contributed by atoms with E-state index in [2.05, 4.69) is 43.1 Å². The molecule has 0 unspecified atom stereocenters. The molecule has 0 aliphatic heterocycles. The quantitative estimate of drug-likeness (QED) is 0.0468. The maximum absolute atomic E-state index is 9.25. The molecule has 0 bridgehead atoms. The summed E-state index contributed by atoms with van der Waals surface area (Å²) in [5.74, 6) is 0. The summed E-state index contributed by atoms with van der Waals surface area (Å²) in [6, 6.07) is 0. The Morgan fingerprint density at radius 3 is 1.22 bits per heavy atom. The minimum atomic E-state index is -0.186. The Bertz CT molecular complexity index is 496. The predicted octanol–water partition coefficient (Wildman–Crippen LogP) is 10.8. The molecule has 244 valence electrons. The first-order valence-electron chi connectivity index (χ1n) is 18.1. The molecule has 0 aromatic heterocycles. The summed E-state index contributed by atoms with van der Waals surface area (Å²) in [4.78, 5) is 2.10. The van der Waals surface area contributed by atoms with Crippen LogP contribution in [0.3, 0.4) is 0 Å². The van der Waals surface area contributed by atoms with Crippen LogP contribution in [0, 0.1) is 0 Å². The second-order valence-electron chi connectivity index (χ2n) is 12.1. The monoisotopic (exact) mass is 580 g/mol. The second-order valence-corrected chi connectivity index (χ2v) is 12.1. The number of allylic oxidation sites excluding steroid dienone is 4. The van der Waals surface area contributed by atoms with Gasteiger partial charge in [-0.05, 0) is 71.3 Å². The third kappa shape index (κ3) is 33.7. The topological polar surface area (TPSA) is 41.9 Å². The van der Waals surface area contributed by atoms with Crippen LogP contribution in [-0.2, 0) is 9.47 Å². The van der Waals surface area contributed by atoms with E-state index >= 15 is 0 Å². The van der Waals surface area contributed by atoms with Crippen LogP contribution in [-0.4, -0.2) is 56.3 Å². The minimum Gasteiger partial charge on any atom is -0.395 e. The van der Waals surface area contributed by atoms with Crippen LogP contribution in [0.2, 0.25) is 0 Å². The molecule has 0 radical (unpaired) electrons. The third-order valence-corrected chi connectivity index (χ3v) is 7.86. The van der Waals surface area contributed by atoms with E-state index in [4.69, 9.17) is 9.47 Å². The number of hydrogen-bond donors (Lipinski definition) is 1. The molecule has 41 heavy (non-hydrogen) atoms. The van der Waals surface area contributed by atoms with Crippen LogP contribution in [0.4, 0.5) is 0 Å². The Balaban J connectivity index is 3.74. The molecule has 4 nitrogen and oxygen atoms in total. The first-order chi connectivity index (χ1) is 20.2. The van der Waals surface area contributed by atoms with E-state index in [1.54, 1.807) is 0 Å². The number of aliphatic hydroxyl groups excluding tert-OH is 1. The van der Waals surface area contributed by atoms with Gasteiger partial charge in [-0.2, -0.15) is 0 Å². The van der Waals surface area contributed by atoms with Gasteiger partial charge in [-0.15, -0.1) is 0 Å². The van der Waals surface area contributed by atoms with E-state index in [-0.39, 0.29) is 12.9 Å². The molecule has 0 aromatic carbocycles. The molecule has 0 saturated carbocycles. The minimum absolute atomic E-state index is 0.173. The highest BCUT2D eigenvalue weighted by Gasteiger charge is 2.12. The molecule has 0 heterocycles. The van der Waals surface area contributed by atoms with Gasteiger partial charge in [0.2, 0.25) is 0 Å². The highest BCUT2D eigenvalue weighted by molar-refractivity contribution is 4.82. The lowest BCUT2D eigenvalue weighted by atomic mass is 10.1. The number of likely N-dealkylation sites (N-methyl/N-ethyl adjacent to an activating group) is 1. The standard InChI is InChI=1S/C37H73NO3/c1-4-6-8-10-12-14-16-18-20-22-24-26-28-30-34-40-37(36-38(3)32-33-39)41-35-31-29-27-25-23-21-19-17-15-13-11-9-7-5-2/h14-17,37,39H,4-13,18-36H2,1-3H3/b16-14-,17-15-. The smallest absolute Gasteiger partial charge is 0.170 e. The Morgan fingerprint density at radius 1 is 0.512 bits per heavy atom. The molecular weight excluding hydrogens is 506 g/mol. The molecule has 0 atom stereocenters. The Morgan fingerprint density at radius 2 is 0.854 bits per heavy atom. The van der Waals surface area contributed by atoms with Crippen molar-refractivity contribution in [2.24, 2.45) is 0 Å². The van der Waals surface area contributed by atoms with Gasteiger partial charge in [0.05, 0.1) is 6.61 Å². The Kier molecular flexibility index (Phi) is 34.9. The summed E-state index contributed by atoms with van der Waals surface area (Å²) in [5, 5.41) is 9.25. The summed E-state index contributed by atoms with van der Waals surface area (Å²) in [6.07, 6.45) is 40.6. The van der Waals surface area contributed by atoms with Crippen molar-refractivity contribution < 1.29 is 14.6 Å². The van der Waals surface area contributed by atoms with Gasteiger partial charge >= 0.3 is 0 Å². The molecule has 0 rings (SSSR count). The van der Waals surface area contributed by atoms with Crippen molar-refractivity contribution >= 4 is 0 Å². The SMILES string of the molecule is CCCCCC/C=C\CCCCCCCCOC(CN(C)CCO)OCCCCCCCC/C=C\CCCCCC. The lowest BCUT2D eigenvalue weighted by Crippen LogP contribution is -2.35. The molecule has 4 heteroatoms. The number of unbranched alkanes of at least 4 members (excludes halogenated alkanes) is 20. The molecular formula is C37H73NO3. The predicted molar refractivity (Wildman–Crippen MR) is 181 cm³/mol. The average Bonchev–Trinajstić information content (AvgIpc) is 2.97. The van der Waals surface area contributed by atoms with E-state index in [0.717, 1.165) is 32.6 Å². The normalized spacial score (nSPS) is 12.2. The van der Waals surface area contributed by atoms with E-state index in [0.29, 0.717) is 6.54 Å². The van der Waals surface area contributed by atoms with Crippen LogP contribution < -0.4 is 0 Å². The highest BCUT2D eigenvalue weighted by Crippen LogP contribution is 2.12. The third-order valence-electron chi connectivity index (χ3n) is 7.86. The van der Waals surface area contributed by atoms with E-state index < -0.39 is 0 Å². The van der Waals surface area contributed by atoms with Gasteiger partial charge < -0.3 is 14.6 Å². The maximum atomic E-state index is 9.25. The summed E-state index contributed by atoms with van der Waals surface area (Å²) >= 11 is 0. The lowest BCUT2D eigenvalue weighted by molar-refractivity contribution is -0.153. The van der Waals surface area contributed by atoms with Gasteiger partial charge in [0, 0.05) is 26.3 Å². The molecule has 0 aliphatic carbocycles. The fraction of sp³-hybridized carbons (Fsp3) is 0.892. The van der Waals surface area contributed by atoms with Gasteiger partial charge in [-0.3, -0.25) is 4.90 Å². The second kappa shape index (κ2) is 35.5. The van der Waals surface area contributed by atoms with Crippen molar-refractivity contribution in [3.8, 4) is 0 Å². The van der Waals surface area contributed by atoms with Crippen LogP contribution in [0.15, 0.2) is 24.3 Å². The number of rotatable bonds is 34. The number of aliphatic hydroxyl groups is 1. The van der Waals surface area contributed by atoms with Crippen LogP contribution in [0.1, 0.15) is 168 Å². The van der Waals surface area contributed by atoms with Gasteiger partial charge in [0.15, 0.2) is 6.29 Å². The van der Waals surface area contributed by atoms with Crippen LogP contribution >= 0.6 is 0 Å². The lowest BCUT2D eigenvalue weighted by Gasteiger charge is -2.24. The Labute approximate surface area is 257 Å². The molecule has 0 fully saturated rings. The van der Waals surface area contributed by atoms with Crippen molar-refractivity contribution in [3.05, 3.63) is 24.3 Å². The Hall–Kier alpha value is -0.680. The average molecular weight is 580 g/mol. The summed E-state index contributed by atoms with van der Waals surface area (Å²) in [7, 11) is 2.03. The van der Waals surface area contributed by atoms with Crippen molar-refractivity contribution in [1.29, 1.82) is 0 Å². The fourth-order valence-electron chi connectivity index (χ4n) is 5.09. The van der Waals surface area contributed by atoms with E-state index in [1.165, 1.54) is 141 Å². The van der Waals surface area contributed by atoms with Crippen LogP contribution in [0.5, 0.6) is 0 Å². The van der Waals surface area contributed by atoms with Crippen LogP contribution in [0.25, 0.3) is 0 Å². The van der Waals surface area contributed by atoms with Crippen molar-refractivity contribution in [2.45, 2.75) is 174 Å². The molecule has 0 amide bonds. The van der Waals surface area contributed by atoms with Crippen molar-refractivity contribution in [3.63, 3.8) is 0 Å². The van der Waals surface area contributed by atoms with Gasteiger partial charge in [-0.25, -0.2) is 0 Å². The number of ether oxygens (including phenoxy) is 2. The van der Waals surface area contributed by atoms with Crippen molar-refractivity contribution in [1.82, 2.24) is 4.90 Å². The van der Waals surface area contributed by atoms with Gasteiger partial charge in [0.25, 0.3) is 0 Å². The van der Waals surface area contributed by atoms with E-state index in [9.17, 15) is 5.11 Å². The summed E-state index contributed by atoms with van der Waals surface area (Å²) in [5.41, 5.74) is 0. The number of hydrogen-bond acceptors (Lipinski definition) is 4. The zero-order valence-electron chi connectivity index (χ0n) is 28.1. The highest BCUT2D eigenvalue weighted by atomic mass is 16.7. The summed E-state index contributed by atoms with van der Waals surface area (Å²) < 4.78 is 12.2. The summed E-state index contributed by atoms with van der Waals surface area (Å²) in [6.45, 7) is 7.64. The van der Waals surface area contributed by atoms with Gasteiger partial charge in [-0.1, -0.05) is 128 Å². The molecule has 0 aliphatic rings.